The number of hydrogen-bond acceptors (Lipinski definition) is 4. The van der Waals surface area contributed by atoms with Crippen LogP contribution in [-0.2, 0) is 9.53 Å². The molecular formula is C18H26N2O2. The Labute approximate surface area is 132 Å². The second-order valence-corrected chi connectivity index (χ2v) is 6.95. The largest absolute Gasteiger partial charge is 0.468 e. The fourth-order valence-corrected chi connectivity index (χ4v) is 4.28. The standard InChI is InChI=1S/C18H26N2O2/c1-14(15-6-4-3-5-7-15)20-18(16(21)22-2)12-17(13-18)8-10-19-11-9-17/h3-7,14,19-20H,8-13H2,1-2H3. The second kappa shape index (κ2) is 6.01. The fourth-order valence-electron chi connectivity index (χ4n) is 4.28. The molecule has 120 valence electrons. The van der Waals surface area contributed by atoms with Crippen LogP contribution in [0.5, 0.6) is 0 Å². The Kier molecular flexibility index (Phi) is 4.24. The summed E-state index contributed by atoms with van der Waals surface area (Å²) in [7, 11) is 1.49. The SMILES string of the molecule is COC(=O)C1(NC(C)c2ccccc2)CC2(CCNCC2)C1. The molecule has 1 spiro atoms. The number of rotatable bonds is 4. The summed E-state index contributed by atoms with van der Waals surface area (Å²) in [5.41, 5.74) is 1.02. The third-order valence-corrected chi connectivity index (χ3v) is 5.39. The summed E-state index contributed by atoms with van der Waals surface area (Å²) in [6, 6.07) is 10.4. The number of methoxy groups -OCH3 is 1. The Balaban J connectivity index is 1.73. The number of carbonyl (C=O) groups excluding carboxylic acids is 1. The maximum Gasteiger partial charge on any atom is 0.326 e. The lowest BCUT2D eigenvalue weighted by molar-refractivity contribution is -0.163. The van der Waals surface area contributed by atoms with Gasteiger partial charge in [0.1, 0.15) is 5.54 Å². The quantitative estimate of drug-likeness (QED) is 0.839. The van der Waals surface area contributed by atoms with E-state index < -0.39 is 5.54 Å². The van der Waals surface area contributed by atoms with E-state index in [0.29, 0.717) is 5.41 Å². The van der Waals surface area contributed by atoms with Crippen LogP contribution in [0.3, 0.4) is 0 Å². The van der Waals surface area contributed by atoms with E-state index in [9.17, 15) is 4.79 Å². The molecule has 1 saturated heterocycles. The van der Waals surface area contributed by atoms with Crippen LogP contribution in [0, 0.1) is 5.41 Å². The third kappa shape index (κ3) is 2.77. The number of esters is 1. The summed E-state index contributed by atoms with van der Waals surface area (Å²) in [6.45, 7) is 4.24. The first-order chi connectivity index (χ1) is 10.6. The van der Waals surface area contributed by atoms with Gasteiger partial charge in [-0.3, -0.25) is 10.1 Å². The van der Waals surface area contributed by atoms with Crippen molar-refractivity contribution in [2.45, 2.75) is 44.2 Å². The highest BCUT2D eigenvalue weighted by Gasteiger charge is 2.59. The summed E-state index contributed by atoms with van der Waals surface area (Å²) in [5.74, 6) is -0.112. The number of ether oxygens (including phenoxy) is 1. The van der Waals surface area contributed by atoms with Crippen LogP contribution in [0.2, 0.25) is 0 Å². The molecule has 1 aromatic carbocycles. The van der Waals surface area contributed by atoms with Gasteiger partial charge in [0, 0.05) is 6.04 Å². The topological polar surface area (TPSA) is 50.4 Å². The first-order valence-electron chi connectivity index (χ1n) is 8.21. The van der Waals surface area contributed by atoms with Gasteiger partial charge >= 0.3 is 5.97 Å². The lowest BCUT2D eigenvalue weighted by Crippen LogP contribution is -2.67. The zero-order chi connectivity index (χ0) is 15.6. The smallest absolute Gasteiger partial charge is 0.326 e. The average molecular weight is 302 g/mol. The first kappa shape index (κ1) is 15.5. The van der Waals surface area contributed by atoms with E-state index in [4.69, 9.17) is 4.74 Å². The van der Waals surface area contributed by atoms with Crippen molar-refractivity contribution in [2.24, 2.45) is 5.41 Å². The van der Waals surface area contributed by atoms with Gasteiger partial charge in [-0.25, -0.2) is 0 Å². The average Bonchev–Trinajstić information content (AvgIpc) is 2.54. The van der Waals surface area contributed by atoms with E-state index in [2.05, 4.69) is 29.7 Å². The molecule has 1 atom stereocenters. The Morgan fingerprint density at radius 2 is 1.86 bits per heavy atom. The maximum atomic E-state index is 12.4. The highest BCUT2D eigenvalue weighted by Crippen LogP contribution is 2.55. The summed E-state index contributed by atoms with van der Waals surface area (Å²) in [6.07, 6.45) is 4.11. The molecule has 4 heteroatoms. The van der Waals surface area contributed by atoms with E-state index in [-0.39, 0.29) is 12.0 Å². The fraction of sp³-hybridized carbons (Fsp3) is 0.611. The van der Waals surface area contributed by atoms with E-state index >= 15 is 0 Å². The van der Waals surface area contributed by atoms with E-state index in [1.165, 1.54) is 12.7 Å². The van der Waals surface area contributed by atoms with Crippen molar-refractivity contribution < 1.29 is 9.53 Å². The zero-order valence-electron chi connectivity index (χ0n) is 13.5. The summed E-state index contributed by atoms with van der Waals surface area (Å²) in [4.78, 5) is 12.4. The highest BCUT2D eigenvalue weighted by molar-refractivity contribution is 5.82. The normalized spacial score (nSPS) is 23.5. The number of carbonyl (C=O) groups is 1. The Bertz CT molecular complexity index is 515. The minimum absolute atomic E-state index is 0.112. The van der Waals surface area contributed by atoms with Crippen molar-refractivity contribution in [1.29, 1.82) is 0 Å². The zero-order valence-corrected chi connectivity index (χ0v) is 13.5. The number of piperidine rings is 1. The molecule has 0 radical (unpaired) electrons. The maximum absolute atomic E-state index is 12.4. The van der Waals surface area contributed by atoms with Crippen LogP contribution in [0.25, 0.3) is 0 Å². The van der Waals surface area contributed by atoms with Crippen molar-refractivity contribution >= 4 is 5.97 Å². The molecule has 2 aliphatic rings. The second-order valence-electron chi connectivity index (χ2n) is 6.95. The molecule has 1 aliphatic carbocycles. The Morgan fingerprint density at radius 3 is 2.45 bits per heavy atom. The van der Waals surface area contributed by atoms with Crippen LogP contribution in [-0.4, -0.2) is 31.7 Å². The van der Waals surface area contributed by atoms with Gasteiger partial charge in [0.25, 0.3) is 0 Å². The van der Waals surface area contributed by atoms with E-state index in [0.717, 1.165) is 38.8 Å². The van der Waals surface area contributed by atoms with Gasteiger partial charge in [-0.05, 0) is 56.7 Å². The van der Waals surface area contributed by atoms with Gasteiger partial charge in [0.2, 0.25) is 0 Å². The van der Waals surface area contributed by atoms with Crippen molar-refractivity contribution in [3.05, 3.63) is 35.9 Å². The molecule has 0 bridgehead atoms. The molecule has 1 heterocycles. The molecule has 1 saturated carbocycles. The molecule has 3 rings (SSSR count). The Hall–Kier alpha value is -1.39. The molecular weight excluding hydrogens is 276 g/mol. The van der Waals surface area contributed by atoms with Crippen LogP contribution in [0.15, 0.2) is 30.3 Å². The minimum Gasteiger partial charge on any atom is -0.468 e. The van der Waals surface area contributed by atoms with Crippen molar-refractivity contribution in [3.63, 3.8) is 0 Å². The summed E-state index contributed by atoms with van der Waals surface area (Å²) < 4.78 is 5.11. The van der Waals surface area contributed by atoms with E-state index in [1.807, 2.05) is 18.2 Å². The van der Waals surface area contributed by atoms with E-state index in [1.54, 1.807) is 0 Å². The number of benzene rings is 1. The van der Waals surface area contributed by atoms with Gasteiger partial charge in [-0.1, -0.05) is 30.3 Å². The molecule has 0 amide bonds. The monoisotopic (exact) mass is 302 g/mol. The highest BCUT2D eigenvalue weighted by atomic mass is 16.5. The van der Waals surface area contributed by atoms with Crippen molar-refractivity contribution in [3.8, 4) is 0 Å². The first-order valence-corrected chi connectivity index (χ1v) is 8.21. The van der Waals surface area contributed by atoms with Gasteiger partial charge in [0.15, 0.2) is 0 Å². The molecule has 0 aromatic heterocycles. The van der Waals surface area contributed by atoms with Crippen LogP contribution >= 0.6 is 0 Å². The van der Waals surface area contributed by atoms with Crippen molar-refractivity contribution in [1.82, 2.24) is 10.6 Å². The minimum atomic E-state index is -0.513. The lowest BCUT2D eigenvalue weighted by atomic mass is 9.53. The van der Waals surface area contributed by atoms with Gasteiger partial charge in [-0.2, -0.15) is 0 Å². The molecule has 1 unspecified atom stereocenters. The molecule has 1 aliphatic heterocycles. The van der Waals surface area contributed by atoms with Crippen LogP contribution in [0.1, 0.15) is 44.2 Å². The number of nitrogens with one attached hydrogen (secondary N) is 2. The summed E-state index contributed by atoms with van der Waals surface area (Å²) >= 11 is 0. The third-order valence-electron chi connectivity index (χ3n) is 5.39. The Morgan fingerprint density at radius 1 is 1.23 bits per heavy atom. The lowest BCUT2D eigenvalue weighted by Gasteiger charge is -2.57. The predicted molar refractivity (Wildman–Crippen MR) is 86.5 cm³/mol. The van der Waals surface area contributed by atoms with Crippen LogP contribution in [0.4, 0.5) is 0 Å². The molecule has 2 N–H and O–H groups in total. The molecule has 4 nitrogen and oxygen atoms in total. The van der Waals surface area contributed by atoms with Crippen LogP contribution < -0.4 is 10.6 Å². The van der Waals surface area contributed by atoms with Crippen molar-refractivity contribution in [2.75, 3.05) is 20.2 Å². The van der Waals surface area contributed by atoms with Gasteiger partial charge < -0.3 is 10.1 Å². The predicted octanol–water partition coefficient (Wildman–Crippen LogP) is 2.41. The molecule has 2 fully saturated rings. The van der Waals surface area contributed by atoms with Gasteiger partial charge in [-0.15, -0.1) is 0 Å². The molecule has 22 heavy (non-hydrogen) atoms. The van der Waals surface area contributed by atoms with Gasteiger partial charge in [0.05, 0.1) is 7.11 Å². The number of hydrogen-bond donors (Lipinski definition) is 2. The summed E-state index contributed by atoms with van der Waals surface area (Å²) in [5, 5.41) is 6.98. The molecule has 1 aromatic rings.